The number of carbonyl (C=O) groups is 2. The quantitative estimate of drug-likeness (QED) is 0.774. The summed E-state index contributed by atoms with van der Waals surface area (Å²) in [4.78, 5) is 32.4. The van der Waals surface area contributed by atoms with E-state index < -0.39 is 5.91 Å². The van der Waals surface area contributed by atoms with Crippen LogP contribution in [0.25, 0.3) is 0 Å². The van der Waals surface area contributed by atoms with E-state index in [1.165, 1.54) is 0 Å². The molecule has 1 aromatic heterocycles. The van der Waals surface area contributed by atoms with Crippen molar-refractivity contribution in [3.05, 3.63) is 52.6 Å². The first-order valence-corrected chi connectivity index (χ1v) is 9.55. The van der Waals surface area contributed by atoms with Crippen molar-refractivity contribution < 1.29 is 14.3 Å². The Morgan fingerprint density at radius 3 is 2.54 bits per heavy atom. The lowest BCUT2D eigenvalue weighted by atomic mass is 10.3. The Hall–Kier alpha value is -2.35. The fourth-order valence-corrected chi connectivity index (χ4v) is 3.18. The van der Waals surface area contributed by atoms with Crippen molar-refractivity contribution in [2.75, 3.05) is 49.6 Å². The molecular formula is C19H20Cl2N4O3. The van der Waals surface area contributed by atoms with Crippen molar-refractivity contribution in [3.8, 4) is 0 Å². The molecule has 2 aromatic rings. The van der Waals surface area contributed by atoms with Crippen LogP contribution in [-0.4, -0.2) is 61.1 Å². The lowest BCUT2D eigenvalue weighted by Crippen LogP contribution is -2.50. The standard InChI is InChI=1S/C19H20Cl2N4O3/c20-14-4-3-5-15(19(14)21)23-17(26)12-28-13-18(27)25-10-8-24(9-11-25)16-6-1-2-7-22-16/h1-7H,8-13H2,(H,23,26). The van der Waals surface area contributed by atoms with Crippen molar-refractivity contribution in [1.29, 1.82) is 0 Å². The number of rotatable bonds is 6. The van der Waals surface area contributed by atoms with E-state index >= 15 is 0 Å². The highest BCUT2D eigenvalue weighted by atomic mass is 35.5. The Balaban J connectivity index is 1.39. The molecule has 1 N–H and O–H groups in total. The Morgan fingerprint density at radius 2 is 1.82 bits per heavy atom. The first kappa shape index (κ1) is 20.4. The fourth-order valence-electron chi connectivity index (χ4n) is 2.83. The lowest BCUT2D eigenvalue weighted by Gasteiger charge is -2.35. The molecule has 0 aliphatic carbocycles. The van der Waals surface area contributed by atoms with Crippen LogP contribution in [0.2, 0.25) is 10.0 Å². The SMILES string of the molecule is O=C(COCC(=O)N1CCN(c2ccccn2)CC1)Nc1cccc(Cl)c1Cl. The van der Waals surface area contributed by atoms with Gasteiger partial charge in [-0.15, -0.1) is 0 Å². The van der Waals surface area contributed by atoms with E-state index in [0.717, 1.165) is 5.82 Å². The van der Waals surface area contributed by atoms with Crippen LogP contribution in [0.4, 0.5) is 11.5 Å². The molecular weight excluding hydrogens is 403 g/mol. The molecule has 0 unspecified atom stereocenters. The van der Waals surface area contributed by atoms with Gasteiger partial charge in [0, 0.05) is 32.4 Å². The third kappa shape index (κ3) is 5.34. The molecule has 0 atom stereocenters. The molecule has 0 radical (unpaired) electrons. The van der Waals surface area contributed by atoms with Gasteiger partial charge in [0.15, 0.2) is 0 Å². The van der Waals surface area contributed by atoms with Gasteiger partial charge in [-0.1, -0.05) is 35.3 Å². The van der Waals surface area contributed by atoms with Crippen molar-refractivity contribution in [3.63, 3.8) is 0 Å². The van der Waals surface area contributed by atoms with Crippen molar-refractivity contribution in [2.24, 2.45) is 0 Å². The summed E-state index contributed by atoms with van der Waals surface area (Å²) in [5.74, 6) is 0.355. The summed E-state index contributed by atoms with van der Waals surface area (Å²) in [6.45, 7) is 2.18. The molecule has 0 saturated carbocycles. The molecule has 2 amide bonds. The molecule has 1 saturated heterocycles. The molecule has 0 bridgehead atoms. The molecule has 148 valence electrons. The number of carbonyl (C=O) groups excluding carboxylic acids is 2. The highest BCUT2D eigenvalue weighted by Gasteiger charge is 2.22. The number of nitrogens with one attached hydrogen (secondary N) is 1. The van der Waals surface area contributed by atoms with Crippen LogP contribution < -0.4 is 10.2 Å². The molecule has 1 aliphatic heterocycles. The minimum Gasteiger partial charge on any atom is -0.362 e. The molecule has 1 fully saturated rings. The van der Waals surface area contributed by atoms with Crippen LogP contribution in [0, 0.1) is 0 Å². The van der Waals surface area contributed by atoms with E-state index in [0.29, 0.717) is 36.9 Å². The highest BCUT2D eigenvalue weighted by Crippen LogP contribution is 2.29. The molecule has 3 rings (SSSR count). The third-order valence-corrected chi connectivity index (χ3v) is 5.11. The molecule has 28 heavy (non-hydrogen) atoms. The predicted molar refractivity (Wildman–Crippen MR) is 109 cm³/mol. The van der Waals surface area contributed by atoms with Gasteiger partial charge in [0.2, 0.25) is 11.8 Å². The minimum absolute atomic E-state index is 0.144. The number of anilines is 2. The van der Waals surface area contributed by atoms with Crippen molar-refractivity contribution in [2.45, 2.75) is 0 Å². The highest BCUT2D eigenvalue weighted by molar-refractivity contribution is 6.43. The molecule has 1 aromatic carbocycles. The summed E-state index contributed by atoms with van der Waals surface area (Å²) < 4.78 is 5.26. The van der Waals surface area contributed by atoms with Crippen LogP contribution in [0.15, 0.2) is 42.6 Å². The molecule has 9 heteroatoms. The van der Waals surface area contributed by atoms with E-state index in [-0.39, 0.29) is 24.1 Å². The minimum atomic E-state index is -0.406. The molecule has 2 heterocycles. The summed E-state index contributed by atoms with van der Waals surface area (Å²) >= 11 is 11.9. The Kier molecular flexibility index (Phi) is 7.08. The average molecular weight is 423 g/mol. The van der Waals surface area contributed by atoms with E-state index in [2.05, 4.69) is 15.2 Å². The normalized spacial score (nSPS) is 14.1. The summed E-state index contributed by atoms with van der Waals surface area (Å²) in [6, 6.07) is 10.7. The van der Waals surface area contributed by atoms with Crippen LogP contribution in [0.1, 0.15) is 0 Å². The van der Waals surface area contributed by atoms with Gasteiger partial charge in [0.05, 0.1) is 15.7 Å². The predicted octanol–water partition coefficient (Wildman–Crippen LogP) is 2.69. The lowest BCUT2D eigenvalue weighted by molar-refractivity contribution is -0.137. The summed E-state index contributed by atoms with van der Waals surface area (Å²) in [5.41, 5.74) is 0.403. The first-order valence-electron chi connectivity index (χ1n) is 8.80. The largest absolute Gasteiger partial charge is 0.362 e. The molecule has 1 aliphatic rings. The third-order valence-electron chi connectivity index (χ3n) is 4.29. The number of ether oxygens (including phenoxy) is 1. The van der Waals surface area contributed by atoms with Crippen LogP contribution in [0.3, 0.4) is 0 Å². The van der Waals surface area contributed by atoms with E-state index in [1.54, 1.807) is 29.3 Å². The van der Waals surface area contributed by atoms with Crippen LogP contribution in [0.5, 0.6) is 0 Å². The number of amides is 2. The Labute approximate surface area is 173 Å². The average Bonchev–Trinajstić information content (AvgIpc) is 2.72. The molecule has 0 spiro atoms. The number of pyridine rings is 1. The van der Waals surface area contributed by atoms with Gasteiger partial charge < -0.3 is 19.9 Å². The maximum Gasteiger partial charge on any atom is 0.250 e. The summed E-state index contributed by atoms with van der Waals surface area (Å²) in [7, 11) is 0. The second-order valence-corrected chi connectivity index (χ2v) is 6.98. The zero-order valence-electron chi connectivity index (χ0n) is 15.1. The van der Waals surface area contributed by atoms with E-state index in [4.69, 9.17) is 27.9 Å². The summed E-state index contributed by atoms with van der Waals surface area (Å²) in [6.07, 6.45) is 1.75. The van der Waals surface area contributed by atoms with Gasteiger partial charge in [-0.3, -0.25) is 9.59 Å². The number of piperazine rings is 1. The second-order valence-electron chi connectivity index (χ2n) is 6.20. The van der Waals surface area contributed by atoms with Gasteiger partial charge in [-0.05, 0) is 24.3 Å². The second kappa shape index (κ2) is 9.73. The monoisotopic (exact) mass is 422 g/mol. The van der Waals surface area contributed by atoms with Crippen molar-refractivity contribution in [1.82, 2.24) is 9.88 Å². The van der Waals surface area contributed by atoms with Crippen LogP contribution >= 0.6 is 23.2 Å². The van der Waals surface area contributed by atoms with Gasteiger partial charge in [-0.2, -0.15) is 0 Å². The van der Waals surface area contributed by atoms with Gasteiger partial charge >= 0.3 is 0 Å². The fraction of sp³-hybridized carbons (Fsp3) is 0.316. The van der Waals surface area contributed by atoms with Crippen LogP contribution in [-0.2, 0) is 14.3 Å². The molecule has 7 nitrogen and oxygen atoms in total. The maximum absolute atomic E-state index is 12.3. The number of hydrogen-bond donors (Lipinski definition) is 1. The Bertz CT molecular complexity index is 827. The zero-order chi connectivity index (χ0) is 19.9. The first-order chi connectivity index (χ1) is 13.5. The zero-order valence-corrected chi connectivity index (χ0v) is 16.6. The van der Waals surface area contributed by atoms with E-state index in [9.17, 15) is 9.59 Å². The van der Waals surface area contributed by atoms with E-state index in [1.807, 2.05) is 18.2 Å². The number of hydrogen-bond acceptors (Lipinski definition) is 5. The number of nitrogens with zero attached hydrogens (tertiary/aromatic N) is 3. The smallest absolute Gasteiger partial charge is 0.250 e. The van der Waals surface area contributed by atoms with Crippen molar-refractivity contribution >= 4 is 46.5 Å². The topological polar surface area (TPSA) is 74.8 Å². The van der Waals surface area contributed by atoms with Gasteiger partial charge in [0.1, 0.15) is 19.0 Å². The number of aromatic nitrogens is 1. The summed E-state index contributed by atoms with van der Waals surface area (Å²) in [5, 5.41) is 3.22. The Morgan fingerprint density at radius 1 is 1.04 bits per heavy atom. The van der Waals surface area contributed by atoms with Gasteiger partial charge in [0.25, 0.3) is 0 Å². The maximum atomic E-state index is 12.3. The van der Waals surface area contributed by atoms with Gasteiger partial charge in [-0.25, -0.2) is 4.98 Å². The number of halogens is 2. The number of benzene rings is 1.